The number of aromatic nitrogens is 2. The van der Waals surface area contributed by atoms with Gasteiger partial charge in [-0.05, 0) is 49.6 Å². The molecule has 7 heteroatoms. The number of anilines is 1. The van der Waals surface area contributed by atoms with Crippen LogP contribution in [0.25, 0.3) is 11.0 Å². The quantitative estimate of drug-likeness (QED) is 0.513. The minimum Gasteiger partial charge on any atom is -0.490 e. The summed E-state index contributed by atoms with van der Waals surface area (Å²) in [5.74, 6) is 0.690. The summed E-state index contributed by atoms with van der Waals surface area (Å²) >= 11 is 0. The first-order chi connectivity index (χ1) is 14.0. The summed E-state index contributed by atoms with van der Waals surface area (Å²) in [5.41, 5.74) is 4.02. The van der Waals surface area contributed by atoms with Crippen LogP contribution in [0.1, 0.15) is 40.1 Å². The lowest BCUT2D eigenvalue weighted by Crippen LogP contribution is -2.11. The van der Waals surface area contributed by atoms with Gasteiger partial charge < -0.3 is 13.6 Å². The third-order valence-corrected chi connectivity index (χ3v) is 4.65. The molecule has 0 aliphatic carbocycles. The van der Waals surface area contributed by atoms with Crippen LogP contribution in [0, 0.1) is 13.8 Å². The average Bonchev–Trinajstić information content (AvgIpc) is 3.32. The molecule has 2 aromatic carbocycles. The number of aryl methyl sites for hydroxylation is 2. The SMILES string of the molecule is CCOc1cccc2cc(C(=O)Nc3nnc(Cc4ccc(C)c(C)c4)o3)oc12. The monoisotopic (exact) mass is 391 g/mol. The van der Waals surface area contributed by atoms with Gasteiger partial charge in [0, 0.05) is 5.39 Å². The van der Waals surface area contributed by atoms with Gasteiger partial charge in [0.1, 0.15) is 0 Å². The zero-order valence-electron chi connectivity index (χ0n) is 16.5. The zero-order chi connectivity index (χ0) is 20.4. The lowest BCUT2D eigenvalue weighted by molar-refractivity contribution is 0.0995. The fraction of sp³-hybridized carbons (Fsp3) is 0.227. The van der Waals surface area contributed by atoms with Crippen LogP contribution in [0.4, 0.5) is 6.01 Å². The largest absolute Gasteiger partial charge is 0.490 e. The Morgan fingerprint density at radius 1 is 1.07 bits per heavy atom. The number of carbonyl (C=O) groups excluding carboxylic acids is 1. The zero-order valence-corrected chi connectivity index (χ0v) is 16.5. The van der Waals surface area contributed by atoms with Crippen molar-refractivity contribution in [2.75, 3.05) is 11.9 Å². The molecule has 148 valence electrons. The van der Waals surface area contributed by atoms with Crippen LogP contribution in [0.5, 0.6) is 5.75 Å². The number of carbonyl (C=O) groups is 1. The standard InChI is InChI=1S/C22H21N3O4/c1-4-27-17-7-5-6-16-12-18(28-20(16)17)21(26)23-22-25-24-19(29-22)11-15-9-8-13(2)14(3)10-15/h5-10,12H,4,11H2,1-3H3,(H,23,25,26). The van der Waals surface area contributed by atoms with E-state index < -0.39 is 5.91 Å². The third-order valence-electron chi connectivity index (χ3n) is 4.65. The molecule has 1 N–H and O–H groups in total. The van der Waals surface area contributed by atoms with E-state index >= 15 is 0 Å². The number of para-hydroxylation sites is 1. The minimum absolute atomic E-state index is 0.0271. The number of rotatable bonds is 6. The Balaban J connectivity index is 1.48. The molecule has 0 fully saturated rings. The molecule has 4 aromatic rings. The molecule has 1 amide bonds. The fourth-order valence-electron chi connectivity index (χ4n) is 3.04. The topological polar surface area (TPSA) is 90.4 Å². The predicted molar refractivity (Wildman–Crippen MR) is 108 cm³/mol. The van der Waals surface area contributed by atoms with E-state index in [1.165, 1.54) is 11.1 Å². The van der Waals surface area contributed by atoms with Crippen molar-refractivity contribution in [1.29, 1.82) is 0 Å². The molecule has 29 heavy (non-hydrogen) atoms. The van der Waals surface area contributed by atoms with Crippen molar-refractivity contribution in [3.8, 4) is 5.75 Å². The molecule has 2 heterocycles. The van der Waals surface area contributed by atoms with Gasteiger partial charge in [-0.3, -0.25) is 10.1 Å². The number of nitrogens with one attached hydrogen (secondary N) is 1. The van der Waals surface area contributed by atoms with Gasteiger partial charge in [-0.15, -0.1) is 5.10 Å². The van der Waals surface area contributed by atoms with Crippen LogP contribution in [-0.4, -0.2) is 22.7 Å². The number of nitrogens with zero attached hydrogens (tertiary/aromatic N) is 2. The van der Waals surface area contributed by atoms with Crippen LogP contribution < -0.4 is 10.1 Å². The summed E-state index contributed by atoms with van der Waals surface area (Å²) in [6.45, 7) is 6.52. The smallest absolute Gasteiger partial charge is 0.322 e. The molecule has 0 saturated carbocycles. The first-order valence-corrected chi connectivity index (χ1v) is 9.38. The number of fused-ring (bicyclic) bond motifs is 1. The lowest BCUT2D eigenvalue weighted by atomic mass is 10.0. The summed E-state index contributed by atoms with van der Waals surface area (Å²) in [5, 5.41) is 11.3. The van der Waals surface area contributed by atoms with Gasteiger partial charge in [0.2, 0.25) is 5.89 Å². The molecule has 0 unspecified atom stereocenters. The Labute approximate surface area is 167 Å². The Kier molecular flexibility index (Phi) is 5.03. The Hall–Kier alpha value is -3.61. The predicted octanol–water partition coefficient (Wildman–Crippen LogP) is 4.67. The first kappa shape index (κ1) is 18.7. The highest BCUT2D eigenvalue weighted by Crippen LogP contribution is 2.29. The number of furan rings is 1. The fourth-order valence-corrected chi connectivity index (χ4v) is 3.04. The van der Waals surface area contributed by atoms with E-state index in [0.717, 1.165) is 10.9 Å². The van der Waals surface area contributed by atoms with Gasteiger partial charge in [0.25, 0.3) is 5.91 Å². The number of hydrogen-bond acceptors (Lipinski definition) is 6. The van der Waals surface area contributed by atoms with Gasteiger partial charge in [-0.25, -0.2) is 0 Å². The Bertz CT molecular complexity index is 1180. The van der Waals surface area contributed by atoms with Crippen molar-refractivity contribution in [3.05, 3.63) is 70.8 Å². The van der Waals surface area contributed by atoms with Crippen LogP contribution in [0.3, 0.4) is 0 Å². The molecular weight excluding hydrogens is 370 g/mol. The third kappa shape index (κ3) is 3.99. The number of hydrogen-bond donors (Lipinski definition) is 1. The second-order valence-corrected chi connectivity index (χ2v) is 6.77. The maximum Gasteiger partial charge on any atom is 0.322 e. The van der Waals surface area contributed by atoms with Crippen LogP contribution in [0.2, 0.25) is 0 Å². The van der Waals surface area contributed by atoms with Crippen LogP contribution >= 0.6 is 0 Å². The highest BCUT2D eigenvalue weighted by atomic mass is 16.5. The Morgan fingerprint density at radius 2 is 1.93 bits per heavy atom. The van der Waals surface area contributed by atoms with E-state index in [2.05, 4.69) is 41.5 Å². The summed E-state index contributed by atoms with van der Waals surface area (Å²) in [4.78, 5) is 12.5. The Morgan fingerprint density at radius 3 is 2.72 bits per heavy atom. The van der Waals surface area contributed by atoms with Crippen molar-refractivity contribution < 1.29 is 18.4 Å². The van der Waals surface area contributed by atoms with Crippen LogP contribution in [0.15, 0.2) is 51.3 Å². The molecule has 2 aromatic heterocycles. The molecule has 7 nitrogen and oxygen atoms in total. The van der Waals surface area contributed by atoms with Crippen molar-refractivity contribution in [2.24, 2.45) is 0 Å². The van der Waals surface area contributed by atoms with Gasteiger partial charge in [0.15, 0.2) is 17.1 Å². The molecule has 0 saturated heterocycles. The number of benzene rings is 2. The highest BCUT2D eigenvalue weighted by molar-refractivity contribution is 6.04. The molecule has 0 radical (unpaired) electrons. The summed E-state index contributed by atoms with van der Waals surface area (Å²) in [7, 11) is 0. The molecule has 0 atom stereocenters. The van der Waals surface area contributed by atoms with Crippen molar-refractivity contribution in [2.45, 2.75) is 27.2 Å². The van der Waals surface area contributed by atoms with Gasteiger partial charge in [0.05, 0.1) is 13.0 Å². The van der Waals surface area contributed by atoms with E-state index in [1.807, 2.05) is 25.1 Å². The van der Waals surface area contributed by atoms with E-state index in [9.17, 15) is 4.79 Å². The second-order valence-electron chi connectivity index (χ2n) is 6.77. The lowest BCUT2D eigenvalue weighted by Gasteiger charge is -2.02. The average molecular weight is 391 g/mol. The van der Waals surface area contributed by atoms with Gasteiger partial charge in [-0.1, -0.05) is 35.4 Å². The first-order valence-electron chi connectivity index (χ1n) is 9.38. The molecular formula is C22H21N3O4. The van der Waals surface area contributed by atoms with E-state index in [0.29, 0.717) is 30.3 Å². The highest BCUT2D eigenvalue weighted by Gasteiger charge is 2.18. The molecule has 0 bridgehead atoms. The van der Waals surface area contributed by atoms with Gasteiger partial charge >= 0.3 is 6.01 Å². The van der Waals surface area contributed by atoms with E-state index in [4.69, 9.17) is 13.6 Å². The van der Waals surface area contributed by atoms with Crippen molar-refractivity contribution in [3.63, 3.8) is 0 Å². The maximum atomic E-state index is 12.5. The normalized spacial score (nSPS) is 11.0. The van der Waals surface area contributed by atoms with Crippen LogP contribution in [-0.2, 0) is 6.42 Å². The minimum atomic E-state index is -0.468. The summed E-state index contributed by atoms with van der Waals surface area (Å²) in [6.07, 6.45) is 0.492. The van der Waals surface area contributed by atoms with Gasteiger partial charge in [-0.2, -0.15) is 0 Å². The summed E-state index contributed by atoms with van der Waals surface area (Å²) < 4.78 is 16.8. The number of amides is 1. The number of ether oxygens (including phenoxy) is 1. The molecule has 0 aliphatic heterocycles. The van der Waals surface area contributed by atoms with Crippen molar-refractivity contribution in [1.82, 2.24) is 10.2 Å². The maximum absolute atomic E-state index is 12.5. The van der Waals surface area contributed by atoms with E-state index in [1.54, 1.807) is 12.1 Å². The summed E-state index contributed by atoms with van der Waals surface area (Å²) in [6, 6.07) is 13.3. The van der Waals surface area contributed by atoms with Crippen molar-refractivity contribution >= 4 is 22.9 Å². The molecule has 0 spiro atoms. The van der Waals surface area contributed by atoms with E-state index in [-0.39, 0.29) is 11.8 Å². The molecule has 0 aliphatic rings. The molecule has 4 rings (SSSR count). The second kappa shape index (κ2) is 7.79.